The van der Waals surface area contributed by atoms with E-state index in [9.17, 15) is 9.59 Å². The van der Waals surface area contributed by atoms with Gasteiger partial charge in [-0.15, -0.1) is 11.3 Å². The number of nitrogens with one attached hydrogen (secondary N) is 1. The average Bonchev–Trinajstić information content (AvgIpc) is 3.47. The van der Waals surface area contributed by atoms with Crippen LogP contribution in [0.2, 0.25) is 0 Å². The third-order valence-electron chi connectivity index (χ3n) is 6.67. The highest BCUT2D eigenvalue weighted by molar-refractivity contribution is 7.10. The summed E-state index contributed by atoms with van der Waals surface area (Å²) in [6.45, 7) is 5.75. The minimum Gasteiger partial charge on any atom is -0.350 e. The quantitative estimate of drug-likeness (QED) is 0.664. The maximum atomic E-state index is 13.0. The number of hydrogen-bond donors (Lipinski definition) is 1. The number of carbonyl (C=O) groups excluding carboxylic acids is 1. The van der Waals surface area contributed by atoms with E-state index < -0.39 is 0 Å². The molecule has 5 rings (SSSR count). The zero-order chi connectivity index (χ0) is 21.4. The van der Waals surface area contributed by atoms with E-state index in [-0.39, 0.29) is 17.5 Å². The lowest BCUT2D eigenvalue weighted by molar-refractivity contribution is 0.0915. The van der Waals surface area contributed by atoms with Gasteiger partial charge in [0.1, 0.15) is 5.82 Å². The Bertz CT molecular complexity index is 1150. The number of fused-ring (bicyclic) bond motifs is 2. The summed E-state index contributed by atoms with van der Waals surface area (Å²) < 4.78 is 1.76. The Balaban J connectivity index is 1.34. The molecule has 0 spiro atoms. The Hall–Kier alpha value is -2.51. The number of aryl methyl sites for hydroxylation is 1. The van der Waals surface area contributed by atoms with Gasteiger partial charge < -0.3 is 5.32 Å². The third-order valence-corrected chi connectivity index (χ3v) is 7.64. The van der Waals surface area contributed by atoms with Gasteiger partial charge in [0.05, 0.1) is 16.9 Å². The second-order valence-electron chi connectivity index (χ2n) is 8.78. The first-order valence-electron chi connectivity index (χ1n) is 11.2. The first kappa shape index (κ1) is 20.4. The molecule has 1 unspecified atom stereocenters. The summed E-state index contributed by atoms with van der Waals surface area (Å²) in [4.78, 5) is 34.1. The highest BCUT2D eigenvalue weighted by Gasteiger charge is 2.26. The lowest BCUT2D eigenvalue weighted by atomic mass is 9.97. The summed E-state index contributed by atoms with van der Waals surface area (Å²) >= 11 is 1.75. The van der Waals surface area contributed by atoms with Crippen molar-refractivity contribution in [2.45, 2.75) is 45.2 Å². The highest BCUT2D eigenvalue weighted by atomic mass is 32.1. The zero-order valence-electron chi connectivity index (χ0n) is 17.8. The molecule has 0 aliphatic carbocycles. The lowest BCUT2D eigenvalue weighted by Gasteiger charge is -2.36. The van der Waals surface area contributed by atoms with Crippen LogP contribution in [0.1, 0.15) is 53.3 Å². The van der Waals surface area contributed by atoms with E-state index in [0.717, 1.165) is 44.2 Å². The molecule has 7 heteroatoms. The van der Waals surface area contributed by atoms with Crippen molar-refractivity contribution >= 4 is 28.1 Å². The van der Waals surface area contributed by atoms with Crippen LogP contribution in [0.15, 0.2) is 40.5 Å². The van der Waals surface area contributed by atoms with Gasteiger partial charge in [-0.1, -0.05) is 13.0 Å². The largest absolute Gasteiger partial charge is 0.350 e. The fourth-order valence-corrected chi connectivity index (χ4v) is 5.61. The molecule has 1 aromatic carbocycles. The molecule has 0 bridgehead atoms. The van der Waals surface area contributed by atoms with E-state index in [1.807, 2.05) is 0 Å². The third kappa shape index (κ3) is 4.04. The van der Waals surface area contributed by atoms with Gasteiger partial charge >= 0.3 is 0 Å². The molecular formula is C24H28N4O2S. The summed E-state index contributed by atoms with van der Waals surface area (Å²) in [6.07, 6.45) is 4.17. The van der Waals surface area contributed by atoms with Crippen LogP contribution >= 0.6 is 11.3 Å². The number of nitrogens with zero attached hydrogens (tertiary/aromatic N) is 3. The average molecular weight is 437 g/mol. The SMILES string of the molecule is CC1CCN(C(CNC(=O)c2ccc3c(=O)n4c(nc3c2)CCC4)c2cccs2)CC1. The van der Waals surface area contributed by atoms with Crippen molar-refractivity contribution in [2.24, 2.45) is 5.92 Å². The van der Waals surface area contributed by atoms with Crippen molar-refractivity contribution in [3.05, 3.63) is 62.3 Å². The van der Waals surface area contributed by atoms with Gasteiger partial charge in [0.25, 0.3) is 11.5 Å². The molecule has 3 aromatic rings. The first-order valence-corrected chi connectivity index (χ1v) is 12.1. The van der Waals surface area contributed by atoms with Crippen molar-refractivity contribution < 1.29 is 4.79 Å². The summed E-state index contributed by atoms with van der Waals surface area (Å²) in [7, 11) is 0. The Labute approximate surface area is 185 Å². The van der Waals surface area contributed by atoms with E-state index in [1.54, 1.807) is 34.1 Å². The van der Waals surface area contributed by atoms with Crippen LogP contribution in [0, 0.1) is 5.92 Å². The normalized spacial score (nSPS) is 18.2. The van der Waals surface area contributed by atoms with Crippen LogP contribution in [-0.4, -0.2) is 40.0 Å². The molecule has 31 heavy (non-hydrogen) atoms. The van der Waals surface area contributed by atoms with E-state index >= 15 is 0 Å². The molecule has 2 aliphatic heterocycles. The molecule has 1 saturated heterocycles. The minimum absolute atomic E-state index is 0.00143. The van der Waals surface area contributed by atoms with E-state index in [4.69, 9.17) is 0 Å². The number of hydrogen-bond acceptors (Lipinski definition) is 5. The van der Waals surface area contributed by atoms with Crippen LogP contribution < -0.4 is 10.9 Å². The molecule has 1 N–H and O–H groups in total. The van der Waals surface area contributed by atoms with Gasteiger partial charge in [0, 0.05) is 30.0 Å². The zero-order valence-corrected chi connectivity index (χ0v) is 18.7. The molecule has 0 saturated carbocycles. The fourth-order valence-electron chi connectivity index (χ4n) is 4.75. The monoisotopic (exact) mass is 436 g/mol. The molecule has 6 nitrogen and oxygen atoms in total. The predicted molar refractivity (Wildman–Crippen MR) is 124 cm³/mol. The molecule has 1 fully saturated rings. The smallest absolute Gasteiger partial charge is 0.261 e. The lowest BCUT2D eigenvalue weighted by Crippen LogP contribution is -2.41. The Morgan fingerprint density at radius 3 is 2.87 bits per heavy atom. The van der Waals surface area contributed by atoms with Crippen LogP contribution in [0.5, 0.6) is 0 Å². The van der Waals surface area contributed by atoms with Gasteiger partial charge in [-0.05, 0) is 67.9 Å². The first-order chi connectivity index (χ1) is 15.1. The fraction of sp³-hybridized carbons (Fsp3) is 0.458. The van der Waals surface area contributed by atoms with Crippen LogP contribution in [0.3, 0.4) is 0 Å². The van der Waals surface area contributed by atoms with E-state index in [1.165, 1.54) is 17.7 Å². The molecule has 162 valence electrons. The number of aromatic nitrogens is 2. The summed E-state index contributed by atoms with van der Waals surface area (Å²) in [5.41, 5.74) is 1.17. The van der Waals surface area contributed by atoms with Crippen molar-refractivity contribution in [3.63, 3.8) is 0 Å². The Morgan fingerprint density at radius 2 is 2.10 bits per heavy atom. The topological polar surface area (TPSA) is 67.2 Å². The molecule has 1 atom stereocenters. The van der Waals surface area contributed by atoms with Gasteiger partial charge in [-0.3, -0.25) is 19.1 Å². The van der Waals surface area contributed by atoms with Crippen molar-refractivity contribution in [3.8, 4) is 0 Å². The molecule has 4 heterocycles. The second kappa shape index (κ2) is 8.55. The number of thiophene rings is 1. The number of carbonyl (C=O) groups is 1. The predicted octanol–water partition coefficient (Wildman–Crippen LogP) is 3.61. The summed E-state index contributed by atoms with van der Waals surface area (Å²) in [5.74, 6) is 1.48. The Kier molecular flexibility index (Phi) is 5.63. The van der Waals surface area contributed by atoms with Crippen molar-refractivity contribution in [1.82, 2.24) is 19.8 Å². The highest BCUT2D eigenvalue weighted by Crippen LogP contribution is 2.29. The number of piperidine rings is 1. The van der Waals surface area contributed by atoms with Gasteiger partial charge in [0.2, 0.25) is 0 Å². The van der Waals surface area contributed by atoms with E-state index in [2.05, 4.69) is 39.6 Å². The van der Waals surface area contributed by atoms with Crippen LogP contribution in [0.25, 0.3) is 10.9 Å². The van der Waals surface area contributed by atoms with Crippen LogP contribution in [0.4, 0.5) is 0 Å². The maximum absolute atomic E-state index is 13.0. The number of amides is 1. The molecule has 2 aliphatic rings. The molecular weight excluding hydrogens is 408 g/mol. The van der Waals surface area contributed by atoms with Crippen LogP contribution in [-0.2, 0) is 13.0 Å². The maximum Gasteiger partial charge on any atom is 0.261 e. The van der Waals surface area contributed by atoms with Crippen molar-refractivity contribution in [1.29, 1.82) is 0 Å². The van der Waals surface area contributed by atoms with Gasteiger partial charge in [0.15, 0.2) is 0 Å². The van der Waals surface area contributed by atoms with Gasteiger partial charge in [-0.2, -0.15) is 0 Å². The molecule has 1 amide bonds. The number of rotatable bonds is 5. The summed E-state index contributed by atoms with van der Waals surface area (Å²) in [6, 6.07) is 9.68. The number of benzene rings is 1. The molecule has 2 aromatic heterocycles. The summed E-state index contributed by atoms with van der Waals surface area (Å²) in [5, 5.41) is 5.83. The standard InChI is InChI=1S/C24H28N4O2S/c1-16-8-11-27(12-9-16)20(21-4-3-13-31-21)15-25-23(29)17-6-7-18-19(14-17)26-22-5-2-10-28(22)24(18)30/h3-4,6-7,13-14,16,20H,2,5,8-12,15H2,1H3,(H,25,29). The Morgan fingerprint density at radius 1 is 1.26 bits per heavy atom. The second-order valence-corrected chi connectivity index (χ2v) is 9.76. The van der Waals surface area contributed by atoms with Crippen molar-refractivity contribution in [2.75, 3.05) is 19.6 Å². The van der Waals surface area contributed by atoms with E-state index in [0.29, 0.717) is 23.0 Å². The minimum atomic E-state index is -0.115. The molecule has 0 radical (unpaired) electrons. The van der Waals surface area contributed by atoms with Gasteiger partial charge in [-0.25, -0.2) is 4.98 Å². The number of likely N-dealkylation sites (tertiary alicyclic amines) is 1.